The van der Waals surface area contributed by atoms with E-state index in [9.17, 15) is 0 Å². The van der Waals surface area contributed by atoms with Crippen LogP contribution in [0.25, 0.3) is 0 Å². The van der Waals surface area contributed by atoms with Gasteiger partial charge in [0, 0.05) is 19.2 Å². The van der Waals surface area contributed by atoms with E-state index in [1.165, 1.54) is 51.6 Å². The number of hydrogen-bond donors (Lipinski definition) is 1. The largest absolute Gasteiger partial charge is 0.379 e. The van der Waals surface area contributed by atoms with E-state index < -0.39 is 0 Å². The van der Waals surface area contributed by atoms with Gasteiger partial charge in [-0.25, -0.2) is 0 Å². The Labute approximate surface area is 99.3 Å². The molecular weight excluding hydrogens is 200 g/mol. The molecule has 2 fully saturated rings. The molecule has 3 nitrogen and oxygen atoms in total. The SMILES string of the molecule is COC1(C)CCC(N2CCC(N)CC2)CC1. The Morgan fingerprint density at radius 1 is 1.12 bits per heavy atom. The third-order valence-corrected chi connectivity index (χ3v) is 4.60. The minimum atomic E-state index is 0.142. The van der Waals surface area contributed by atoms with Gasteiger partial charge in [0.25, 0.3) is 0 Å². The second kappa shape index (κ2) is 5.03. The fourth-order valence-electron chi connectivity index (χ4n) is 3.07. The number of piperidine rings is 1. The lowest BCUT2D eigenvalue weighted by Gasteiger charge is -2.43. The van der Waals surface area contributed by atoms with E-state index >= 15 is 0 Å². The molecule has 0 radical (unpaired) electrons. The van der Waals surface area contributed by atoms with E-state index in [-0.39, 0.29) is 5.60 Å². The van der Waals surface area contributed by atoms with Gasteiger partial charge in [0.15, 0.2) is 0 Å². The van der Waals surface area contributed by atoms with Crippen molar-refractivity contribution < 1.29 is 4.74 Å². The number of nitrogens with zero attached hydrogens (tertiary/aromatic N) is 1. The average Bonchev–Trinajstić information content (AvgIpc) is 2.32. The van der Waals surface area contributed by atoms with Gasteiger partial charge < -0.3 is 15.4 Å². The summed E-state index contributed by atoms with van der Waals surface area (Å²) in [6.07, 6.45) is 7.35. The Balaban J connectivity index is 1.80. The fraction of sp³-hybridized carbons (Fsp3) is 1.00. The first-order valence-corrected chi connectivity index (χ1v) is 6.68. The zero-order valence-electron chi connectivity index (χ0n) is 10.7. The van der Waals surface area contributed by atoms with E-state index in [4.69, 9.17) is 10.5 Å². The second-order valence-electron chi connectivity index (χ2n) is 5.76. The van der Waals surface area contributed by atoms with Crippen LogP contribution >= 0.6 is 0 Å². The summed E-state index contributed by atoms with van der Waals surface area (Å²) in [7, 11) is 1.85. The minimum Gasteiger partial charge on any atom is -0.379 e. The molecule has 0 unspecified atom stereocenters. The minimum absolute atomic E-state index is 0.142. The molecule has 1 saturated carbocycles. The Morgan fingerprint density at radius 2 is 1.69 bits per heavy atom. The molecule has 0 bridgehead atoms. The highest BCUT2D eigenvalue weighted by Gasteiger charge is 2.34. The van der Waals surface area contributed by atoms with Crippen molar-refractivity contribution in [3.63, 3.8) is 0 Å². The molecule has 3 heteroatoms. The van der Waals surface area contributed by atoms with Gasteiger partial charge in [-0.3, -0.25) is 0 Å². The van der Waals surface area contributed by atoms with Crippen molar-refractivity contribution in [1.82, 2.24) is 4.90 Å². The van der Waals surface area contributed by atoms with Crippen molar-refractivity contribution >= 4 is 0 Å². The monoisotopic (exact) mass is 226 g/mol. The maximum absolute atomic E-state index is 5.94. The Bertz CT molecular complexity index is 216. The molecule has 16 heavy (non-hydrogen) atoms. The molecule has 0 aromatic rings. The van der Waals surface area contributed by atoms with Crippen molar-refractivity contribution in [3.8, 4) is 0 Å². The predicted molar refractivity (Wildman–Crippen MR) is 66.5 cm³/mol. The van der Waals surface area contributed by atoms with E-state index in [1.54, 1.807) is 0 Å². The Morgan fingerprint density at radius 3 is 2.19 bits per heavy atom. The van der Waals surface area contributed by atoms with Gasteiger partial charge in [-0.1, -0.05) is 0 Å². The highest BCUT2D eigenvalue weighted by Crippen LogP contribution is 2.33. The van der Waals surface area contributed by atoms with Gasteiger partial charge in [0.2, 0.25) is 0 Å². The van der Waals surface area contributed by atoms with Crippen molar-refractivity contribution in [1.29, 1.82) is 0 Å². The van der Waals surface area contributed by atoms with Gasteiger partial charge in [0.05, 0.1) is 5.60 Å². The molecule has 0 amide bonds. The van der Waals surface area contributed by atoms with Crippen LogP contribution in [0.3, 0.4) is 0 Å². The maximum atomic E-state index is 5.94. The molecule has 0 spiro atoms. The van der Waals surface area contributed by atoms with E-state index in [0.29, 0.717) is 6.04 Å². The number of likely N-dealkylation sites (tertiary alicyclic amines) is 1. The lowest BCUT2D eigenvalue weighted by Crippen LogP contribution is -2.48. The van der Waals surface area contributed by atoms with Crippen molar-refractivity contribution in [2.45, 2.75) is 63.1 Å². The van der Waals surface area contributed by atoms with Gasteiger partial charge in [-0.05, 0) is 58.5 Å². The van der Waals surface area contributed by atoms with Gasteiger partial charge in [-0.15, -0.1) is 0 Å². The summed E-state index contributed by atoms with van der Waals surface area (Å²) in [5, 5.41) is 0. The average molecular weight is 226 g/mol. The fourth-order valence-corrected chi connectivity index (χ4v) is 3.07. The zero-order chi connectivity index (χ0) is 11.6. The number of ether oxygens (including phenoxy) is 1. The molecule has 0 atom stereocenters. The smallest absolute Gasteiger partial charge is 0.0652 e. The Hall–Kier alpha value is -0.120. The number of rotatable bonds is 2. The van der Waals surface area contributed by atoms with Gasteiger partial charge in [0.1, 0.15) is 0 Å². The van der Waals surface area contributed by atoms with Crippen LogP contribution in [0.2, 0.25) is 0 Å². The quantitative estimate of drug-likeness (QED) is 0.779. The van der Waals surface area contributed by atoms with E-state index in [1.807, 2.05) is 7.11 Å². The van der Waals surface area contributed by atoms with Crippen LogP contribution in [0.1, 0.15) is 45.4 Å². The standard InChI is InChI=1S/C13H26N2O/c1-13(16-2)7-3-12(4-8-13)15-9-5-11(14)6-10-15/h11-12H,3-10,14H2,1-2H3. The molecule has 1 aliphatic heterocycles. The third kappa shape index (κ3) is 2.76. The summed E-state index contributed by atoms with van der Waals surface area (Å²) < 4.78 is 5.59. The topological polar surface area (TPSA) is 38.5 Å². The number of methoxy groups -OCH3 is 1. The van der Waals surface area contributed by atoms with Gasteiger partial charge in [-0.2, -0.15) is 0 Å². The summed E-state index contributed by atoms with van der Waals surface area (Å²) in [5.74, 6) is 0. The first kappa shape index (κ1) is 12.3. The Kier molecular flexibility index (Phi) is 3.88. The molecule has 94 valence electrons. The van der Waals surface area contributed by atoms with E-state index in [0.717, 1.165) is 6.04 Å². The molecule has 2 N–H and O–H groups in total. The van der Waals surface area contributed by atoms with Crippen LogP contribution in [0.4, 0.5) is 0 Å². The van der Waals surface area contributed by atoms with Crippen LogP contribution in [-0.2, 0) is 4.74 Å². The second-order valence-corrected chi connectivity index (χ2v) is 5.76. The number of hydrogen-bond acceptors (Lipinski definition) is 3. The van der Waals surface area contributed by atoms with Crippen LogP contribution in [-0.4, -0.2) is 42.8 Å². The first-order chi connectivity index (χ1) is 7.63. The maximum Gasteiger partial charge on any atom is 0.0652 e. The molecule has 2 aliphatic rings. The summed E-state index contributed by atoms with van der Waals surface area (Å²) in [6, 6.07) is 1.24. The summed E-state index contributed by atoms with van der Waals surface area (Å²) in [5.41, 5.74) is 6.09. The van der Waals surface area contributed by atoms with Crippen LogP contribution in [0.15, 0.2) is 0 Å². The molecule has 2 rings (SSSR count). The molecule has 1 saturated heterocycles. The van der Waals surface area contributed by atoms with Crippen LogP contribution in [0, 0.1) is 0 Å². The highest BCUT2D eigenvalue weighted by molar-refractivity contribution is 4.89. The number of nitrogens with two attached hydrogens (primary N) is 1. The van der Waals surface area contributed by atoms with Gasteiger partial charge >= 0.3 is 0 Å². The molecule has 0 aromatic heterocycles. The normalized spacial score (nSPS) is 38.8. The molecule has 1 heterocycles. The third-order valence-electron chi connectivity index (χ3n) is 4.60. The lowest BCUT2D eigenvalue weighted by atomic mass is 9.82. The van der Waals surface area contributed by atoms with Crippen molar-refractivity contribution in [2.75, 3.05) is 20.2 Å². The predicted octanol–water partition coefficient (Wildman–Crippen LogP) is 1.76. The summed E-state index contributed by atoms with van der Waals surface area (Å²) >= 11 is 0. The van der Waals surface area contributed by atoms with E-state index in [2.05, 4.69) is 11.8 Å². The zero-order valence-corrected chi connectivity index (χ0v) is 10.7. The van der Waals surface area contributed by atoms with Crippen LogP contribution < -0.4 is 5.73 Å². The molecule has 1 aliphatic carbocycles. The van der Waals surface area contributed by atoms with Crippen LogP contribution in [0.5, 0.6) is 0 Å². The molecular formula is C13H26N2O. The summed E-state index contributed by atoms with van der Waals surface area (Å²) in [6.45, 7) is 4.65. The highest BCUT2D eigenvalue weighted by atomic mass is 16.5. The van der Waals surface area contributed by atoms with Crippen molar-refractivity contribution in [2.24, 2.45) is 5.73 Å². The lowest BCUT2D eigenvalue weighted by molar-refractivity contribution is -0.0436. The molecule has 0 aromatic carbocycles. The van der Waals surface area contributed by atoms with Crippen molar-refractivity contribution in [3.05, 3.63) is 0 Å². The summed E-state index contributed by atoms with van der Waals surface area (Å²) in [4.78, 5) is 2.65. The first-order valence-electron chi connectivity index (χ1n) is 6.68.